The monoisotopic (exact) mass is 171 g/mol. The first-order valence-electron chi connectivity index (χ1n) is 3.21. The molecule has 0 spiro atoms. The Morgan fingerprint density at radius 3 is 3.00 bits per heavy atom. The van der Waals surface area contributed by atoms with Gasteiger partial charge in [-0.05, 0) is 17.0 Å². The molecular weight excluding hydrogens is 162 g/mol. The van der Waals surface area contributed by atoms with Gasteiger partial charge in [-0.2, -0.15) is 0 Å². The van der Waals surface area contributed by atoms with Crippen LogP contribution in [0.5, 0.6) is 0 Å². The maximum Gasteiger partial charge on any atom is 0.308 e. The molecule has 3 N–H and O–H groups in total. The highest BCUT2D eigenvalue weighted by Crippen LogP contribution is 2.16. The highest BCUT2D eigenvalue weighted by molar-refractivity contribution is 7.10. The zero-order valence-corrected chi connectivity index (χ0v) is 6.73. The highest BCUT2D eigenvalue weighted by atomic mass is 32.1. The van der Waals surface area contributed by atoms with Crippen LogP contribution in [-0.2, 0) is 17.8 Å². The molecule has 0 unspecified atom stereocenters. The van der Waals surface area contributed by atoms with E-state index in [9.17, 15) is 4.79 Å². The first-order valence-corrected chi connectivity index (χ1v) is 4.09. The Morgan fingerprint density at radius 1 is 1.73 bits per heavy atom. The van der Waals surface area contributed by atoms with E-state index >= 15 is 0 Å². The van der Waals surface area contributed by atoms with E-state index in [0.29, 0.717) is 6.54 Å². The first-order chi connectivity index (χ1) is 5.24. The van der Waals surface area contributed by atoms with E-state index in [-0.39, 0.29) is 6.42 Å². The van der Waals surface area contributed by atoms with Crippen LogP contribution in [0.25, 0.3) is 0 Å². The summed E-state index contributed by atoms with van der Waals surface area (Å²) in [5.41, 5.74) is 6.33. The number of rotatable bonds is 3. The molecule has 0 aromatic carbocycles. The summed E-state index contributed by atoms with van der Waals surface area (Å²) in [6, 6.07) is 1.86. The van der Waals surface area contributed by atoms with E-state index in [1.807, 2.05) is 11.4 Å². The summed E-state index contributed by atoms with van der Waals surface area (Å²) >= 11 is 1.44. The van der Waals surface area contributed by atoms with Gasteiger partial charge in [0.1, 0.15) is 0 Å². The van der Waals surface area contributed by atoms with E-state index in [2.05, 4.69) is 0 Å². The average molecular weight is 171 g/mol. The fourth-order valence-electron chi connectivity index (χ4n) is 0.841. The van der Waals surface area contributed by atoms with Gasteiger partial charge in [0.15, 0.2) is 0 Å². The van der Waals surface area contributed by atoms with Crippen LogP contribution in [0.1, 0.15) is 10.4 Å². The summed E-state index contributed by atoms with van der Waals surface area (Å²) in [6.45, 7) is 0.423. The number of carboxylic acids is 1. The molecule has 0 aliphatic carbocycles. The molecule has 0 saturated heterocycles. The average Bonchev–Trinajstić information content (AvgIpc) is 2.34. The van der Waals surface area contributed by atoms with Crippen LogP contribution in [0.3, 0.4) is 0 Å². The van der Waals surface area contributed by atoms with Crippen LogP contribution in [-0.4, -0.2) is 11.1 Å². The summed E-state index contributed by atoms with van der Waals surface area (Å²) in [6.07, 6.45) is 0.0875. The van der Waals surface area contributed by atoms with Crippen molar-refractivity contribution >= 4 is 17.3 Å². The number of aliphatic carboxylic acids is 1. The van der Waals surface area contributed by atoms with Crippen molar-refractivity contribution < 1.29 is 9.90 Å². The second-order valence-corrected chi connectivity index (χ2v) is 3.14. The lowest BCUT2D eigenvalue weighted by Gasteiger charge is -1.95. The number of carboxylic acid groups (broad SMARTS) is 1. The van der Waals surface area contributed by atoms with Gasteiger partial charge in [0.05, 0.1) is 6.42 Å². The predicted molar refractivity (Wildman–Crippen MR) is 43.6 cm³/mol. The number of thiophene rings is 1. The third kappa shape index (κ3) is 2.03. The molecule has 0 bridgehead atoms. The zero-order chi connectivity index (χ0) is 8.27. The van der Waals surface area contributed by atoms with Crippen molar-refractivity contribution in [3.05, 3.63) is 21.9 Å². The highest BCUT2D eigenvalue weighted by Gasteiger charge is 2.05. The van der Waals surface area contributed by atoms with Gasteiger partial charge < -0.3 is 10.8 Å². The molecule has 1 aromatic heterocycles. The second kappa shape index (κ2) is 3.50. The number of nitrogens with two attached hydrogens (primary N) is 1. The first kappa shape index (κ1) is 8.23. The molecule has 11 heavy (non-hydrogen) atoms. The van der Waals surface area contributed by atoms with Crippen molar-refractivity contribution in [1.29, 1.82) is 0 Å². The minimum Gasteiger partial charge on any atom is -0.481 e. The van der Waals surface area contributed by atoms with Crippen molar-refractivity contribution in [2.75, 3.05) is 0 Å². The normalized spacial score (nSPS) is 9.91. The molecule has 3 nitrogen and oxygen atoms in total. The summed E-state index contributed by atoms with van der Waals surface area (Å²) in [4.78, 5) is 11.2. The Labute approximate surface area is 68.5 Å². The van der Waals surface area contributed by atoms with Crippen LogP contribution in [0.4, 0.5) is 0 Å². The molecule has 0 aliphatic heterocycles. The standard InChI is InChI=1S/C7H9NO2S/c8-4-5-1-2-11-6(5)3-7(9)10/h1-2H,3-4,8H2,(H,9,10). The van der Waals surface area contributed by atoms with Gasteiger partial charge >= 0.3 is 5.97 Å². The van der Waals surface area contributed by atoms with E-state index in [0.717, 1.165) is 10.4 Å². The van der Waals surface area contributed by atoms with Crippen LogP contribution in [0.15, 0.2) is 11.4 Å². The lowest BCUT2D eigenvalue weighted by molar-refractivity contribution is -0.136. The molecular formula is C7H9NO2S. The molecule has 0 amide bonds. The van der Waals surface area contributed by atoms with E-state index in [4.69, 9.17) is 10.8 Å². The molecule has 1 heterocycles. The van der Waals surface area contributed by atoms with Crippen LogP contribution < -0.4 is 5.73 Å². The smallest absolute Gasteiger partial charge is 0.308 e. The molecule has 1 rings (SSSR count). The van der Waals surface area contributed by atoms with Crippen LogP contribution >= 0.6 is 11.3 Å². The third-order valence-corrected chi connectivity index (χ3v) is 2.33. The van der Waals surface area contributed by atoms with Gasteiger partial charge in [-0.3, -0.25) is 4.79 Å². The van der Waals surface area contributed by atoms with Gasteiger partial charge in [-0.25, -0.2) is 0 Å². The van der Waals surface area contributed by atoms with Crippen molar-refractivity contribution in [1.82, 2.24) is 0 Å². The zero-order valence-electron chi connectivity index (χ0n) is 5.91. The summed E-state index contributed by atoms with van der Waals surface area (Å²) in [5.74, 6) is -0.804. The van der Waals surface area contributed by atoms with E-state index in [1.165, 1.54) is 11.3 Å². The molecule has 0 saturated carbocycles. The van der Waals surface area contributed by atoms with Crippen molar-refractivity contribution in [2.45, 2.75) is 13.0 Å². The second-order valence-electron chi connectivity index (χ2n) is 2.14. The quantitative estimate of drug-likeness (QED) is 0.708. The van der Waals surface area contributed by atoms with Gasteiger partial charge in [-0.15, -0.1) is 11.3 Å². The SMILES string of the molecule is NCc1ccsc1CC(=O)O. The van der Waals surface area contributed by atoms with Crippen molar-refractivity contribution in [3.63, 3.8) is 0 Å². The maximum atomic E-state index is 10.3. The molecule has 4 heteroatoms. The molecule has 0 radical (unpaired) electrons. The van der Waals surface area contributed by atoms with Crippen LogP contribution in [0.2, 0.25) is 0 Å². The van der Waals surface area contributed by atoms with Gasteiger partial charge in [0.2, 0.25) is 0 Å². The number of hydrogen-bond donors (Lipinski definition) is 2. The Hall–Kier alpha value is -0.870. The fourth-order valence-corrected chi connectivity index (χ4v) is 1.75. The minimum atomic E-state index is -0.804. The Morgan fingerprint density at radius 2 is 2.45 bits per heavy atom. The fraction of sp³-hybridized carbons (Fsp3) is 0.286. The largest absolute Gasteiger partial charge is 0.481 e. The summed E-state index contributed by atoms with van der Waals surface area (Å²) in [5, 5.41) is 10.3. The molecule has 0 aliphatic rings. The predicted octanol–water partition coefficient (Wildman–Crippen LogP) is 0.834. The Balaban J connectivity index is 2.76. The van der Waals surface area contributed by atoms with Gasteiger partial charge in [-0.1, -0.05) is 0 Å². The van der Waals surface area contributed by atoms with Crippen LogP contribution in [0, 0.1) is 0 Å². The Kier molecular flexibility index (Phi) is 2.62. The maximum absolute atomic E-state index is 10.3. The third-order valence-electron chi connectivity index (χ3n) is 1.37. The molecule has 60 valence electrons. The summed E-state index contributed by atoms with van der Waals surface area (Å²) < 4.78 is 0. The molecule has 0 atom stereocenters. The minimum absolute atomic E-state index is 0.0875. The Bertz CT molecular complexity index is 257. The summed E-state index contributed by atoms with van der Waals surface area (Å²) in [7, 11) is 0. The van der Waals surface area contributed by atoms with Crippen molar-refractivity contribution in [3.8, 4) is 0 Å². The number of carbonyl (C=O) groups is 1. The lowest BCUT2D eigenvalue weighted by Crippen LogP contribution is -2.03. The van der Waals surface area contributed by atoms with Crippen molar-refractivity contribution in [2.24, 2.45) is 5.73 Å². The lowest BCUT2D eigenvalue weighted by atomic mass is 10.2. The molecule has 1 aromatic rings. The number of hydrogen-bond acceptors (Lipinski definition) is 3. The topological polar surface area (TPSA) is 63.3 Å². The van der Waals surface area contributed by atoms with E-state index in [1.54, 1.807) is 0 Å². The van der Waals surface area contributed by atoms with Gasteiger partial charge in [0.25, 0.3) is 0 Å². The van der Waals surface area contributed by atoms with E-state index < -0.39 is 5.97 Å². The van der Waals surface area contributed by atoms with Gasteiger partial charge in [0, 0.05) is 11.4 Å². The molecule has 0 fully saturated rings.